The molecule has 170 valence electrons. The summed E-state index contributed by atoms with van der Waals surface area (Å²) in [4.78, 5) is 12.3. The number of carboxylic acid groups (broad SMARTS) is 1. The van der Waals surface area contributed by atoms with Crippen molar-refractivity contribution in [3.8, 4) is 5.75 Å². The van der Waals surface area contributed by atoms with Crippen molar-refractivity contribution in [2.45, 2.75) is 19.5 Å². The molecular weight excluding hydrogens is 443 g/mol. The maximum absolute atomic E-state index is 14.4. The predicted octanol–water partition coefficient (Wildman–Crippen LogP) is 5.52. The molecule has 0 aliphatic heterocycles. The van der Waals surface area contributed by atoms with E-state index in [9.17, 15) is 14.3 Å². The number of aromatic carboxylic acids is 1. The van der Waals surface area contributed by atoms with Gasteiger partial charge in [-0.3, -0.25) is 0 Å². The van der Waals surface area contributed by atoms with Gasteiger partial charge >= 0.3 is 5.97 Å². The number of carbonyl (C=O) groups is 1. The molecule has 0 unspecified atom stereocenters. The number of methoxy groups -OCH3 is 1. The van der Waals surface area contributed by atoms with Crippen LogP contribution in [0.5, 0.6) is 5.75 Å². The molecule has 1 heterocycles. The maximum Gasteiger partial charge on any atom is 0.352 e. The molecule has 4 aromatic rings. The summed E-state index contributed by atoms with van der Waals surface area (Å²) in [6.07, 6.45) is 0.712. The van der Waals surface area contributed by atoms with E-state index in [1.165, 1.54) is 6.07 Å². The average molecular weight is 467 g/mol. The zero-order chi connectivity index (χ0) is 23.4. The molecule has 0 saturated carbocycles. The molecule has 3 aromatic carbocycles. The van der Waals surface area contributed by atoms with Crippen LogP contribution in [0.3, 0.4) is 0 Å². The Morgan fingerprint density at radius 3 is 2.52 bits per heavy atom. The summed E-state index contributed by atoms with van der Waals surface area (Å²) in [5.41, 5.74) is 2.90. The third-order valence-corrected chi connectivity index (χ3v) is 6.06. The first-order valence-electron chi connectivity index (χ1n) is 10.6. The molecule has 0 bridgehead atoms. The van der Waals surface area contributed by atoms with Gasteiger partial charge in [0.2, 0.25) is 0 Å². The molecule has 0 spiro atoms. The molecule has 7 heteroatoms. The molecule has 0 aliphatic carbocycles. The number of hydrogen-bond donors (Lipinski definition) is 2. The van der Waals surface area contributed by atoms with E-state index in [1.54, 1.807) is 42.0 Å². The van der Waals surface area contributed by atoms with Crippen LogP contribution in [0.2, 0.25) is 5.02 Å². The number of benzene rings is 3. The minimum atomic E-state index is -1.07. The second kappa shape index (κ2) is 10.1. The number of halogens is 2. The Labute approximate surface area is 196 Å². The van der Waals surface area contributed by atoms with Crippen molar-refractivity contribution in [1.82, 2.24) is 9.88 Å². The summed E-state index contributed by atoms with van der Waals surface area (Å²) in [5, 5.41) is 14.9. The quantitative estimate of drug-likeness (QED) is 0.319. The highest BCUT2D eigenvalue weighted by Crippen LogP contribution is 2.31. The second-order valence-electron chi connectivity index (χ2n) is 7.71. The standard InChI is InChI=1S/C26H24ClFN2O3/c1-33-19-10-11-20-21(15-29-13-12-17-6-2-4-8-22(17)27)25(26(31)32)30(24(20)14-19)16-18-7-3-5-9-23(18)28/h2-11,14,29H,12-13,15-16H2,1H3,(H,31,32). The number of ether oxygens (including phenoxy) is 1. The van der Waals surface area contributed by atoms with Crippen molar-refractivity contribution in [3.63, 3.8) is 0 Å². The number of nitrogens with one attached hydrogen (secondary N) is 1. The van der Waals surface area contributed by atoms with Crippen LogP contribution >= 0.6 is 11.6 Å². The minimum Gasteiger partial charge on any atom is -0.497 e. The van der Waals surface area contributed by atoms with Crippen molar-refractivity contribution in [2.75, 3.05) is 13.7 Å². The van der Waals surface area contributed by atoms with Gasteiger partial charge in [-0.2, -0.15) is 0 Å². The Morgan fingerprint density at radius 1 is 1.09 bits per heavy atom. The summed E-state index contributed by atoms with van der Waals surface area (Å²) < 4.78 is 21.4. The topological polar surface area (TPSA) is 63.5 Å². The normalized spacial score (nSPS) is 11.1. The Kier molecular flexibility index (Phi) is 6.96. The van der Waals surface area contributed by atoms with Crippen LogP contribution in [-0.4, -0.2) is 29.3 Å². The van der Waals surface area contributed by atoms with Gasteiger partial charge in [-0.25, -0.2) is 9.18 Å². The Bertz CT molecular complexity index is 1300. The SMILES string of the molecule is COc1ccc2c(CNCCc3ccccc3Cl)c(C(=O)O)n(Cc3ccccc3F)c2c1. The lowest BCUT2D eigenvalue weighted by atomic mass is 10.1. The highest BCUT2D eigenvalue weighted by Gasteiger charge is 2.23. The first kappa shape index (κ1) is 22.8. The van der Waals surface area contributed by atoms with Gasteiger partial charge in [0.15, 0.2) is 0 Å². The van der Waals surface area contributed by atoms with Crippen LogP contribution in [-0.2, 0) is 19.5 Å². The van der Waals surface area contributed by atoms with E-state index >= 15 is 0 Å². The molecule has 0 radical (unpaired) electrons. The fraction of sp³-hybridized carbons (Fsp3) is 0.192. The van der Waals surface area contributed by atoms with E-state index in [1.807, 2.05) is 30.3 Å². The van der Waals surface area contributed by atoms with E-state index in [2.05, 4.69) is 5.32 Å². The van der Waals surface area contributed by atoms with Gasteiger partial charge in [-0.1, -0.05) is 48.0 Å². The highest BCUT2D eigenvalue weighted by molar-refractivity contribution is 6.31. The van der Waals surface area contributed by atoms with Crippen molar-refractivity contribution in [3.05, 3.63) is 100.0 Å². The summed E-state index contributed by atoms with van der Waals surface area (Å²) in [5.74, 6) is -0.840. The molecule has 0 amide bonds. The highest BCUT2D eigenvalue weighted by atomic mass is 35.5. The smallest absolute Gasteiger partial charge is 0.352 e. The Hall–Kier alpha value is -3.35. The lowest BCUT2D eigenvalue weighted by molar-refractivity contribution is 0.0684. The molecule has 2 N–H and O–H groups in total. The van der Waals surface area contributed by atoms with Gasteiger partial charge in [0.25, 0.3) is 0 Å². The lowest BCUT2D eigenvalue weighted by Crippen LogP contribution is -2.19. The van der Waals surface area contributed by atoms with Gasteiger partial charge in [0.1, 0.15) is 17.3 Å². The van der Waals surface area contributed by atoms with E-state index in [0.29, 0.717) is 46.9 Å². The predicted molar refractivity (Wildman–Crippen MR) is 128 cm³/mol. The maximum atomic E-state index is 14.4. The molecule has 1 aromatic heterocycles. The van der Waals surface area contributed by atoms with Gasteiger partial charge < -0.3 is 19.7 Å². The fourth-order valence-corrected chi connectivity index (χ4v) is 4.28. The van der Waals surface area contributed by atoms with Crippen molar-refractivity contribution in [1.29, 1.82) is 0 Å². The van der Waals surface area contributed by atoms with Crippen LogP contribution in [0, 0.1) is 5.82 Å². The summed E-state index contributed by atoms with van der Waals surface area (Å²) in [6, 6.07) is 19.5. The zero-order valence-electron chi connectivity index (χ0n) is 18.1. The van der Waals surface area contributed by atoms with E-state index in [-0.39, 0.29) is 18.1 Å². The molecular formula is C26H24ClFN2O3. The molecule has 33 heavy (non-hydrogen) atoms. The summed E-state index contributed by atoms with van der Waals surface area (Å²) in [6.45, 7) is 1.07. The summed E-state index contributed by atoms with van der Waals surface area (Å²) >= 11 is 6.24. The monoisotopic (exact) mass is 466 g/mol. The molecule has 0 atom stereocenters. The zero-order valence-corrected chi connectivity index (χ0v) is 18.9. The van der Waals surface area contributed by atoms with Gasteiger partial charge in [0.05, 0.1) is 19.2 Å². The Morgan fingerprint density at radius 2 is 1.82 bits per heavy atom. The van der Waals surface area contributed by atoms with Crippen LogP contribution < -0.4 is 10.1 Å². The minimum absolute atomic E-state index is 0.0948. The van der Waals surface area contributed by atoms with Crippen molar-refractivity contribution >= 4 is 28.5 Å². The number of hydrogen-bond acceptors (Lipinski definition) is 3. The third-order valence-electron chi connectivity index (χ3n) is 5.70. The largest absolute Gasteiger partial charge is 0.497 e. The molecule has 5 nitrogen and oxygen atoms in total. The number of fused-ring (bicyclic) bond motifs is 1. The third kappa shape index (κ3) is 4.87. The van der Waals surface area contributed by atoms with E-state index in [0.717, 1.165) is 10.9 Å². The van der Waals surface area contributed by atoms with Crippen molar-refractivity contribution in [2.24, 2.45) is 0 Å². The van der Waals surface area contributed by atoms with Crippen molar-refractivity contribution < 1.29 is 19.0 Å². The Balaban J connectivity index is 1.69. The molecule has 0 fully saturated rings. The molecule has 0 saturated heterocycles. The van der Waals surface area contributed by atoms with Gasteiger partial charge in [-0.05, 0) is 42.8 Å². The fourth-order valence-electron chi connectivity index (χ4n) is 4.05. The average Bonchev–Trinajstić information content (AvgIpc) is 3.12. The van der Waals surface area contributed by atoms with Gasteiger partial charge in [-0.15, -0.1) is 0 Å². The summed E-state index contributed by atoms with van der Waals surface area (Å²) in [7, 11) is 1.56. The number of aromatic nitrogens is 1. The van der Waals surface area contributed by atoms with E-state index < -0.39 is 5.97 Å². The van der Waals surface area contributed by atoms with E-state index in [4.69, 9.17) is 16.3 Å². The first-order chi connectivity index (χ1) is 16.0. The van der Waals surface area contributed by atoms with Crippen LogP contribution in [0.25, 0.3) is 10.9 Å². The van der Waals surface area contributed by atoms with Crippen LogP contribution in [0.1, 0.15) is 27.2 Å². The number of nitrogens with zero attached hydrogens (tertiary/aromatic N) is 1. The number of carboxylic acids is 1. The van der Waals surface area contributed by atoms with Crippen LogP contribution in [0.15, 0.2) is 66.7 Å². The first-order valence-corrected chi connectivity index (χ1v) is 11.0. The molecule has 0 aliphatic rings. The van der Waals surface area contributed by atoms with Gasteiger partial charge in [0, 0.05) is 34.1 Å². The molecule has 4 rings (SSSR count). The second-order valence-corrected chi connectivity index (χ2v) is 8.12. The lowest BCUT2D eigenvalue weighted by Gasteiger charge is -2.11. The van der Waals surface area contributed by atoms with Crippen LogP contribution in [0.4, 0.5) is 4.39 Å². The number of rotatable bonds is 9.